The molecule has 0 aliphatic carbocycles. The van der Waals surface area contributed by atoms with Crippen LogP contribution in [0.1, 0.15) is 0 Å². The topological polar surface area (TPSA) is 180 Å². The number of hydrogen-bond donors (Lipinski definition) is 8. The Morgan fingerprint density at radius 2 is 1.23 bits per heavy atom. The molecule has 0 spiro atoms. The lowest BCUT2D eigenvalue weighted by Gasteiger charge is -2.47. The van der Waals surface area contributed by atoms with E-state index in [0.717, 1.165) is 0 Å². The molecule has 2 heterocycles. The van der Waals surface area contributed by atoms with Crippen LogP contribution in [0, 0.1) is 6.10 Å². The largest absolute Gasteiger partial charge is 0.394 e. The Bertz CT molecular complexity index is 330. The first-order valence-electron chi connectivity index (χ1n) is 6.82. The summed E-state index contributed by atoms with van der Waals surface area (Å²) in [5.41, 5.74) is 0. The third-order valence-electron chi connectivity index (χ3n) is 3.99. The van der Waals surface area contributed by atoms with E-state index < -0.39 is 74.3 Å². The van der Waals surface area contributed by atoms with Crippen LogP contribution in [0.2, 0.25) is 0 Å². The van der Waals surface area contributed by atoms with Gasteiger partial charge >= 0.3 is 0 Å². The maximum Gasteiger partial charge on any atom is 0.160 e. The SMILES string of the molecule is OC[C@H]1O[C](C2O[C@H](CO)[C@H](O)[C@H](O)[C@H]2O)[C@H](O)[C@@H](O)[C@H]1O. The highest BCUT2D eigenvalue weighted by Gasteiger charge is 2.54. The molecule has 10 heteroatoms. The van der Waals surface area contributed by atoms with Gasteiger partial charge in [-0.3, -0.25) is 0 Å². The van der Waals surface area contributed by atoms with Gasteiger partial charge in [0.05, 0.1) is 13.2 Å². The number of hydrogen-bond acceptors (Lipinski definition) is 10. The number of aliphatic hydroxyl groups excluding tert-OH is 8. The van der Waals surface area contributed by atoms with Gasteiger partial charge in [-0.2, -0.15) is 0 Å². The predicted molar refractivity (Wildman–Crippen MR) is 67.0 cm³/mol. The summed E-state index contributed by atoms with van der Waals surface area (Å²) in [6.07, 6.45) is -14.3. The van der Waals surface area contributed by atoms with E-state index in [9.17, 15) is 30.6 Å². The van der Waals surface area contributed by atoms with Gasteiger partial charge in [-0.1, -0.05) is 0 Å². The second-order valence-corrected chi connectivity index (χ2v) is 5.42. The molecule has 129 valence electrons. The smallest absolute Gasteiger partial charge is 0.160 e. The van der Waals surface area contributed by atoms with E-state index in [1.807, 2.05) is 0 Å². The molecule has 2 saturated heterocycles. The average Bonchev–Trinajstić information content (AvgIpc) is 2.52. The van der Waals surface area contributed by atoms with Crippen molar-refractivity contribution in [1.82, 2.24) is 0 Å². The number of rotatable bonds is 3. The van der Waals surface area contributed by atoms with Gasteiger partial charge < -0.3 is 50.3 Å². The summed E-state index contributed by atoms with van der Waals surface area (Å²) < 4.78 is 10.4. The summed E-state index contributed by atoms with van der Waals surface area (Å²) >= 11 is 0. The van der Waals surface area contributed by atoms with E-state index in [2.05, 4.69) is 0 Å². The van der Waals surface area contributed by atoms with Gasteiger partial charge in [0.1, 0.15) is 54.9 Å². The third kappa shape index (κ3) is 2.99. The van der Waals surface area contributed by atoms with E-state index >= 15 is 0 Å². The van der Waals surface area contributed by atoms with Gasteiger partial charge in [0.25, 0.3) is 0 Å². The number of ether oxygens (including phenoxy) is 2. The van der Waals surface area contributed by atoms with Crippen molar-refractivity contribution in [3.05, 3.63) is 6.10 Å². The van der Waals surface area contributed by atoms with E-state index in [1.54, 1.807) is 0 Å². The first-order chi connectivity index (χ1) is 10.3. The van der Waals surface area contributed by atoms with E-state index in [0.29, 0.717) is 0 Å². The van der Waals surface area contributed by atoms with Crippen LogP contribution in [0.3, 0.4) is 0 Å². The molecule has 22 heavy (non-hydrogen) atoms. The normalized spacial score (nSPS) is 51.0. The fourth-order valence-electron chi connectivity index (χ4n) is 2.61. The molecule has 2 aliphatic rings. The lowest BCUT2D eigenvalue weighted by Crippen LogP contribution is -2.65. The van der Waals surface area contributed by atoms with Crippen LogP contribution in [-0.2, 0) is 9.47 Å². The summed E-state index contributed by atoms with van der Waals surface area (Å²) in [6, 6.07) is 0. The molecule has 0 aromatic heterocycles. The second-order valence-electron chi connectivity index (χ2n) is 5.42. The van der Waals surface area contributed by atoms with Crippen molar-refractivity contribution in [3.63, 3.8) is 0 Å². The summed E-state index contributed by atoms with van der Waals surface area (Å²) in [7, 11) is 0. The Morgan fingerprint density at radius 3 is 1.77 bits per heavy atom. The fraction of sp³-hybridized carbons (Fsp3) is 0.917. The van der Waals surface area contributed by atoms with E-state index in [-0.39, 0.29) is 0 Å². The zero-order valence-electron chi connectivity index (χ0n) is 11.5. The first-order valence-corrected chi connectivity index (χ1v) is 6.82. The zero-order valence-corrected chi connectivity index (χ0v) is 11.5. The maximum atomic E-state index is 9.97. The van der Waals surface area contributed by atoms with Crippen molar-refractivity contribution in [3.8, 4) is 0 Å². The second kappa shape index (κ2) is 7.01. The fourth-order valence-corrected chi connectivity index (χ4v) is 2.61. The molecule has 1 unspecified atom stereocenters. The molecule has 0 saturated carbocycles. The van der Waals surface area contributed by atoms with Crippen molar-refractivity contribution in [2.24, 2.45) is 0 Å². The van der Waals surface area contributed by atoms with Gasteiger partial charge in [-0.15, -0.1) is 0 Å². The van der Waals surface area contributed by atoms with Crippen molar-refractivity contribution in [1.29, 1.82) is 0 Å². The van der Waals surface area contributed by atoms with Crippen LogP contribution < -0.4 is 0 Å². The summed E-state index contributed by atoms with van der Waals surface area (Å²) in [6.45, 7) is -1.34. The molecule has 2 rings (SSSR count). The summed E-state index contributed by atoms with van der Waals surface area (Å²) in [5.74, 6) is 0. The molecule has 1 radical (unpaired) electrons. The third-order valence-corrected chi connectivity index (χ3v) is 3.99. The van der Waals surface area contributed by atoms with Crippen LogP contribution in [0.15, 0.2) is 0 Å². The Balaban J connectivity index is 2.21. The quantitative estimate of drug-likeness (QED) is 0.250. The first kappa shape index (κ1) is 17.9. The maximum absolute atomic E-state index is 9.97. The highest BCUT2D eigenvalue weighted by Crippen LogP contribution is 2.35. The molecule has 9 atom stereocenters. The van der Waals surface area contributed by atoms with Crippen molar-refractivity contribution in [2.45, 2.75) is 54.9 Å². The monoisotopic (exact) mass is 325 g/mol. The summed E-state index contributed by atoms with van der Waals surface area (Å²) in [5, 5.41) is 77.0. The molecule has 0 amide bonds. The molecule has 0 aromatic carbocycles. The lowest BCUT2D eigenvalue weighted by atomic mass is 9.86. The highest BCUT2D eigenvalue weighted by atomic mass is 16.6. The van der Waals surface area contributed by atoms with Crippen LogP contribution in [0.4, 0.5) is 0 Å². The zero-order chi connectivity index (χ0) is 16.6. The van der Waals surface area contributed by atoms with Crippen molar-refractivity contribution in [2.75, 3.05) is 13.2 Å². The molecular weight excluding hydrogens is 304 g/mol. The van der Waals surface area contributed by atoms with Crippen molar-refractivity contribution >= 4 is 0 Å². The number of aliphatic hydroxyl groups is 8. The van der Waals surface area contributed by atoms with Crippen LogP contribution >= 0.6 is 0 Å². The lowest BCUT2D eigenvalue weighted by molar-refractivity contribution is -0.269. The molecule has 2 aliphatic heterocycles. The Morgan fingerprint density at radius 1 is 0.682 bits per heavy atom. The van der Waals surface area contributed by atoms with Gasteiger partial charge in [-0.05, 0) is 0 Å². The minimum absolute atomic E-state index is 0.409. The van der Waals surface area contributed by atoms with E-state index in [1.165, 1.54) is 0 Å². The molecule has 8 N–H and O–H groups in total. The van der Waals surface area contributed by atoms with Crippen molar-refractivity contribution < 1.29 is 50.3 Å². The standard InChI is InChI=1S/C12H21O10/c13-1-3-5(15)7(17)9(19)11(21-3)12-10(20)8(18)6(16)4(2-14)22-12/h3-11,13-20H,1-2H2/t3-,4-,5+,6+,7+,8+,9-,10-,11?/m1/s1. The van der Waals surface area contributed by atoms with Gasteiger partial charge in [0, 0.05) is 0 Å². The minimum Gasteiger partial charge on any atom is -0.394 e. The summed E-state index contributed by atoms with van der Waals surface area (Å²) in [4.78, 5) is 0. The molecule has 2 fully saturated rings. The molecule has 10 nitrogen and oxygen atoms in total. The van der Waals surface area contributed by atoms with Gasteiger partial charge in [0.15, 0.2) is 6.10 Å². The van der Waals surface area contributed by atoms with Crippen LogP contribution in [0.5, 0.6) is 0 Å². The van der Waals surface area contributed by atoms with Crippen LogP contribution in [0.25, 0.3) is 0 Å². The minimum atomic E-state index is -1.75. The molecule has 0 aromatic rings. The Labute approximate surface area is 125 Å². The van der Waals surface area contributed by atoms with Gasteiger partial charge in [-0.25, -0.2) is 0 Å². The molecule has 0 bridgehead atoms. The predicted octanol–water partition coefficient (Wildman–Crippen LogP) is -5.17. The van der Waals surface area contributed by atoms with Crippen LogP contribution in [-0.4, -0.2) is 109 Å². The van der Waals surface area contributed by atoms with E-state index in [4.69, 9.17) is 19.7 Å². The van der Waals surface area contributed by atoms with Gasteiger partial charge in [0.2, 0.25) is 0 Å². The Hall–Kier alpha value is -0.400. The molecular formula is C12H21O10. The Kier molecular flexibility index (Phi) is 5.72. The highest BCUT2D eigenvalue weighted by molar-refractivity contribution is 5.11. The average molecular weight is 325 g/mol.